The van der Waals surface area contributed by atoms with Gasteiger partial charge in [-0.3, -0.25) is 0 Å². The Balaban J connectivity index is 2.82. The molecular weight excluding hydrogens is 206 g/mol. The molecule has 74 valence electrons. The molecule has 0 aliphatic rings. The van der Waals surface area contributed by atoms with Gasteiger partial charge in [-0.15, -0.1) is 0 Å². The van der Waals surface area contributed by atoms with Crippen LogP contribution in [-0.2, 0) is 0 Å². The summed E-state index contributed by atoms with van der Waals surface area (Å²) in [6, 6.07) is 11.7. The van der Waals surface area contributed by atoms with Crippen molar-refractivity contribution in [2.45, 2.75) is 0 Å². The van der Waals surface area contributed by atoms with Gasteiger partial charge in [0.05, 0.1) is 18.0 Å². The van der Waals surface area contributed by atoms with Crippen molar-refractivity contribution >= 4 is 33.8 Å². The lowest BCUT2D eigenvalue weighted by atomic mass is 10.1. The molecule has 0 atom stereocenters. The van der Waals surface area contributed by atoms with E-state index in [1.165, 1.54) is 0 Å². The van der Waals surface area contributed by atoms with Gasteiger partial charge in [-0.05, 0) is 24.4 Å². The van der Waals surface area contributed by atoms with Crippen LogP contribution in [0.2, 0.25) is 0 Å². The number of fused-ring (bicyclic) bond motifs is 1. The van der Waals surface area contributed by atoms with Crippen molar-refractivity contribution < 1.29 is 4.74 Å². The SMILES string of the molecule is COc1ccc(N=C=S)c2ccccc12. The van der Waals surface area contributed by atoms with Crippen LogP contribution in [0.5, 0.6) is 5.75 Å². The lowest BCUT2D eigenvalue weighted by molar-refractivity contribution is 0.420. The van der Waals surface area contributed by atoms with E-state index in [1.807, 2.05) is 36.4 Å². The molecule has 0 bridgehead atoms. The molecule has 2 rings (SSSR count). The average molecular weight is 215 g/mol. The molecule has 0 fully saturated rings. The van der Waals surface area contributed by atoms with Gasteiger partial charge in [-0.25, -0.2) is 0 Å². The average Bonchev–Trinajstić information content (AvgIpc) is 2.30. The Morgan fingerprint density at radius 2 is 1.87 bits per heavy atom. The van der Waals surface area contributed by atoms with Crippen molar-refractivity contribution in [1.29, 1.82) is 0 Å². The maximum Gasteiger partial charge on any atom is 0.126 e. The second kappa shape index (κ2) is 4.22. The third-order valence-electron chi connectivity index (χ3n) is 2.25. The van der Waals surface area contributed by atoms with E-state index in [4.69, 9.17) is 4.74 Å². The highest BCUT2D eigenvalue weighted by Gasteiger charge is 2.04. The first kappa shape index (κ1) is 9.84. The van der Waals surface area contributed by atoms with Crippen molar-refractivity contribution in [3.05, 3.63) is 36.4 Å². The largest absolute Gasteiger partial charge is 0.496 e. The summed E-state index contributed by atoms with van der Waals surface area (Å²) in [6.07, 6.45) is 0. The summed E-state index contributed by atoms with van der Waals surface area (Å²) in [4.78, 5) is 4.02. The zero-order valence-corrected chi connectivity index (χ0v) is 9.04. The van der Waals surface area contributed by atoms with Crippen LogP contribution in [0.3, 0.4) is 0 Å². The number of methoxy groups -OCH3 is 1. The van der Waals surface area contributed by atoms with Crippen molar-refractivity contribution in [2.75, 3.05) is 7.11 Å². The van der Waals surface area contributed by atoms with Crippen molar-refractivity contribution in [3.63, 3.8) is 0 Å². The molecule has 0 heterocycles. The van der Waals surface area contributed by atoms with Crippen LogP contribution in [0.25, 0.3) is 10.8 Å². The lowest BCUT2D eigenvalue weighted by Crippen LogP contribution is -1.84. The molecule has 3 heteroatoms. The number of rotatable bonds is 2. The van der Waals surface area contributed by atoms with Crippen molar-refractivity contribution in [1.82, 2.24) is 0 Å². The summed E-state index contributed by atoms with van der Waals surface area (Å²) in [5.41, 5.74) is 0.821. The number of isothiocyanates is 1. The summed E-state index contributed by atoms with van der Waals surface area (Å²) < 4.78 is 5.27. The number of hydrogen-bond acceptors (Lipinski definition) is 3. The predicted octanol–water partition coefficient (Wildman–Crippen LogP) is 3.58. The van der Waals surface area contributed by atoms with Crippen LogP contribution >= 0.6 is 12.2 Å². The van der Waals surface area contributed by atoms with Gasteiger partial charge in [-0.1, -0.05) is 24.3 Å². The molecule has 0 aromatic heterocycles. The monoisotopic (exact) mass is 215 g/mol. The minimum atomic E-state index is 0.821. The van der Waals surface area contributed by atoms with Gasteiger partial charge in [0.2, 0.25) is 0 Å². The van der Waals surface area contributed by atoms with Crippen LogP contribution < -0.4 is 4.74 Å². The maximum atomic E-state index is 5.27. The topological polar surface area (TPSA) is 21.6 Å². The van der Waals surface area contributed by atoms with Gasteiger partial charge in [0.15, 0.2) is 0 Å². The molecule has 2 nitrogen and oxygen atoms in total. The highest BCUT2D eigenvalue weighted by Crippen LogP contribution is 2.32. The smallest absolute Gasteiger partial charge is 0.126 e. The molecule has 0 saturated heterocycles. The quantitative estimate of drug-likeness (QED) is 0.564. The summed E-state index contributed by atoms with van der Waals surface area (Å²) in [6.45, 7) is 0. The molecule has 0 N–H and O–H groups in total. The van der Waals surface area contributed by atoms with Crippen LogP contribution in [0.1, 0.15) is 0 Å². The fourth-order valence-electron chi connectivity index (χ4n) is 1.58. The summed E-state index contributed by atoms with van der Waals surface area (Å²) >= 11 is 4.61. The zero-order chi connectivity index (χ0) is 10.7. The molecule has 0 aliphatic carbocycles. The molecule has 2 aromatic rings. The summed E-state index contributed by atoms with van der Waals surface area (Å²) in [5.74, 6) is 0.842. The van der Waals surface area contributed by atoms with E-state index in [-0.39, 0.29) is 0 Å². The standard InChI is InChI=1S/C12H9NOS/c1-14-12-7-6-11(13-8-15)9-4-2-3-5-10(9)12/h2-7H,1H3. The Bertz CT molecular complexity index is 544. The number of thiocarbonyl (C=S) groups is 1. The van der Waals surface area contributed by atoms with E-state index in [2.05, 4.69) is 22.4 Å². The molecule has 15 heavy (non-hydrogen) atoms. The fraction of sp³-hybridized carbons (Fsp3) is 0.0833. The molecule has 0 spiro atoms. The second-order valence-corrected chi connectivity index (χ2v) is 3.22. The number of benzene rings is 2. The summed E-state index contributed by atoms with van der Waals surface area (Å²) in [7, 11) is 1.66. The summed E-state index contributed by atoms with van der Waals surface area (Å²) in [5, 5.41) is 4.44. The Morgan fingerprint density at radius 3 is 2.53 bits per heavy atom. The number of nitrogens with zero attached hydrogens (tertiary/aromatic N) is 1. The van der Waals surface area contributed by atoms with E-state index < -0.39 is 0 Å². The predicted molar refractivity (Wildman–Crippen MR) is 65.2 cm³/mol. The highest BCUT2D eigenvalue weighted by molar-refractivity contribution is 7.78. The van der Waals surface area contributed by atoms with Gasteiger partial charge in [0.25, 0.3) is 0 Å². The van der Waals surface area contributed by atoms with E-state index in [9.17, 15) is 0 Å². The lowest BCUT2D eigenvalue weighted by Gasteiger charge is -2.06. The fourth-order valence-corrected chi connectivity index (χ4v) is 1.68. The van der Waals surface area contributed by atoms with E-state index in [0.29, 0.717) is 0 Å². The molecular formula is C12H9NOS. The Hall–Kier alpha value is -1.70. The van der Waals surface area contributed by atoms with Crippen molar-refractivity contribution in [3.8, 4) is 5.75 Å². The highest BCUT2D eigenvalue weighted by atomic mass is 32.1. The third-order valence-corrected chi connectivity index (χ3v) is 2.34. The van der Waals surface area contributed by atoms with Gasteiger partial charge >= 0.3 is 0 Å². The van der Waals surface area contributed by atoms with E-state index >= 15 is 0 Å². The first-order valence-corrected chi connectivity index (χ1v) is 4.91. The van der Waals surface area contributed by atoms with Gasteiger partial charge in [-0.2, -0.15) is 4.99 Å². The third kappa shape index (κ3) is 1.75. The van der Waals surface area contributed by atoms with E-state index in [1.54, 1.807) is 7.11 Å². The van der Waals surface area contributed by atoms with E-state index in [0.717, 1.165) is 22.2 Å². The first-order valence-electron chi connectivity index (χ1n) is 4.50. The molecule has 2 aromatic carbocycles. The normalized spacial score (nSPS) is 9.67. The zero-order valence-electron chi connectivity index (χ0n) is 8.23. The van der Waals surface area contributed by atoms with Crippen LogP contribution in [0.15, 0.2) is 41.4 Å². The van der Waals surface area contributed by atoms with Crippen LogP contribution in [-0.4, -0.2) is 12.3 Å². The Labute approximate surface area is 93.2 Å². The number of ether oxygens (including phenoxy) is 1. The van der Waals surface area contributed by atoms with Crippen molar-refractivity contribution in [2.24, 2.45) is 4.99 Å². The Morgan fingerprint density at radius 1 is 1.13 bits per heavy atom. The van der Waals surface area contributed by atoms with Gasteiger partial charge in [0.1, 0.15) is 5.75 Å². The van der Waals surface area contributed by atoms with Crippen LogP contribution in [0.4, 0.5) is 5.69 Å². The minimum Gasteiger partial charge on any atom is -0.496 e. The van der Waals surface area contributed by atoms with Gasteiger partial charge < -0.3 is 4.74 Å². The Kier molecular flexibility index (Phi) is 2.77. The molecule has 0 saturated carbocycles. The molecule has 0 radical (unpaired) electrons. The second-order valence-electron chi connectivity index (χ2n) is 3.04. The van der Waals surface area contributed by atoms with Crippen LogP contribution in [0, 0.1) is 0 Å². The molecule has 0 unspecified atom stereocenters. The minimum absolute atomic E-state index is 0.821. The van der Waals surface area contributed by atoms with Gasteiger partial charge in [0, 0.05) is 10.8 Å². The first-order chi connectivity index (χ1) is 7.36. The maximum absolute atomic E-state index is 5.27. The number of aliphatic imine (C=N–C) groups is 1. The molecule has 0 aliphatic heterocycles. The number of hydrogen-bond donors (Lipinski definition) is 0. The molecule has 0 amide bonds.